The number of benzene rings is 1. The van der Waals surface area contributed by atoms with Crippen LogP contribution >= 0.6 is 0 Å². The molecule has 0 amide bonds. The van der Waals surface area contributed by atoms with E-state index < -0.39 is 0 Å². The minimum absolute atomic E-state index is 0.0247. The summed E-state index contributed by atoms with van der Waals surface area (Å²) in [6.45, 7) is 8.71. The largest absolute Gasteiger partial charge is 0.252 e. The van der Waals surface area contributed by atoms with Crippen LogP contribution in [0.3, 0.4) is 0 Å². The van der Waals surface area contributed by atoms with Gasteiger partial charge in [-0.2, -0.15) is 0 Å². The Morgan fingerprint density at radius 2 is 2.00 bits per heavy atom. The summed E-state index contributed by atoms with van der Waals surface area (Å²) in [5.41, 5.74) is 5.02. The number of rotatable bonds is 3. The van der Waals surface area contributed by atoms with Gasteiger partial charge in [-0.05, 0) is 38.0 Å². The van der Waals surface area contributed by atoms with E-state index in [1.807, 2.05) is 0 Å². The highest BCUT2D eigenvalue weighted by Gasteiger charge is 2.32. The van der Waals surface area contributed by atoms with E-state index in [-0.39, 0.29) is 5.41 Å². The zero-order valence-electron chi connectivity index (χ0n) is 11.7. The van der Waals surface area contributed by atoms with Crippen molar-refractivity contribution in [1.82, 2.24) is 0 Å². The smallest absolute Gasteiger partial charge is 0.0674 e. The molecule has 18 heavy (non-hydrogen) atoms. The summed E-state index contributed by atoms with van der Waals surface area (Å²) in [4.78, 5) is 4.74. The number of hydrogen-bond acceptors (Lipinski definition) is 1. The second kappa shape index (κ2) is 4.93. The van der Waals surface area contributed by atoms with E-state index in [4.69, 9.17) is 4.99 Å². The number of para-hydroxylation sites is 1. The molecule has 94 valence electrons. The summed E-state index contributed by atoms with van der Waals surface area (Å²) in [6, 6.07) is 8.41. The van der Waals surface area contributed by atoms with E-state index in [2.05, 4.69) is 70.2 Å². The van der Waals surface area contributed by atoms with Crippen LogP contribution in [0.2, 0.25) is 0 Å². The Morgan fingerprint density at radius 1 is 1.28 bits per heavy atom. The van der Waals surface area contributed by atoms with Gasteiger partial charge in [0.15, 0.2) is 0 Å². The Kier molecular flexibility index (Phi) is 3.51. The van der Waals surface area contributed by atoms with Crippen molar-refractivity contribution in [3.63, 3.8) is 0 Å². The second-order valence-corrected chi connectivity index (χ2v) is 5.38. The third-order valence-corrected chi connectivity index (χ3v) is 3.67. The summed E-state index contributed by atoms with van der Waals surface area (Å²) in [5, 5.41) is 0. The monoisotopic (exact) mass is 239 g/mol. The van der Waals surface area contributed by atoms with Crippen LogP contribution in [0.1, 0.15) is 39.7 Å². The molecule has 0 radical (unpaired) electrons. The molecule has 0 saturated carbocycles. The quantitative estimate of drug-likeness (QED) is 0.661. The van der Waals surface area contributed by atoms with Crippen molar-refractivity contribution >= 4 is 11.4 Å². The molecule has 0 aromatic heterocycles. The van der Waals surface area contributed by atoms with Crippen molar-refractivity contribution in [2.75, 3.05) is 0 Å². The van der Waals surface area contributed by atoms with Crippen LogP contribution in [-0.2, 0) is 5.41 Å². The highest BCUT2D eigenvalue weighted by Crippen LogP contribution is 2.39. The molecule has 0 N–H and O–H groups in total. The van der Waals surface area contributed by atoms with Crippen molar-refractivity contribution in [1.29, 1.82) is 0 Å². The van der Waals surface area contributed by atoms with Gasteiger partial charge in [0.1, 0.15) is 0 Å². The normalized spacial score (nSPS) is 18.0. The molecule has 1 nitrogen and oxygen atoms in total. The van der Waals surface area contributed by atoms with Crippen molar-refractivity contribution in [3.8, 4) is 0 Å². The number of fused-ring (bicyclic) bond motifs is 1. The van der Waals surface area contributed by atoms with Gasteiger partial charge in [0, 0.05) is 5.41 Å². The third-order valence-electron chi connectivity index (χ3n) is 3.67. The van der Waals surface area contributed by atoms with E-state index in [9.17, 15) is 0 Å². The fourth-order valence-electron chi connectivity index (χ4n) is 2.23. The van der Waals surface area contributed by atoms with Gasteiger partial charge in [-0.3, -0.25) is 4.99 Å². The van der Waals surface area contributed by atoms with Gasteiger partial charge < -0.3 is 0 Å². The van der Waals surface area contributed by atoms with Crippen LogP contribution in [0.25, 0.3) is 0 Å². The average molecular weight is 239 g/mol. The molecule has 0 unspecified atom stereocenters. The number of hydrogen-bond donors (Lipinski definition) is 0. The fraction of sp³-hybridized carbons (Fsp3) is 0.353. The minimum Gasteiger partial charge on any atom is -0.252 e. The van der Waals surface area contributed by atoms with Gasteiger partial charge in [0.2, 0.25) is 0 Å². The van der Waals surface area contributed by atoms with Crippen molar-refractivity contribution in [2.24, 2.45) is 4.99 Å². The van der Waals surface area contributed by atoms with Crippen molar-refractivity contribution < 1.29 is 0 Å². The summed E-state index contributed by atoms with van der Waals surface area (Å²) in [7, 11) is 0. The van der Waals surface area contributed by atoms with E-state index in [1.165, 1.54) is 11.1 Å². The molecule has 2 rings (SSSR count). The molecule has 0 fully saturated rings. The minimum atomic E-state index is 0.0247. The lowest BCUT2D eigenvalue weighted by Crippen LogP contribution is -2.23. The van der Waals surface area contributed by atoms with Gasteiger partial charge in [-0.15, -0.1) is 0 Å². The molecule has 0 atom stereocenters. The fourth-order valence-corrected chi connectivity index (χ4v) is 2.23. The number of nitrogens with zero attached hydrogens (tertiary/aromatic N) is 1. The topological polar surface area (TPSA) is 12.4 Å². The molecular formula is C17H21N. The van der Waals surface area contributed by atoms with Gasteiger partial charge in [0.05, 0.1) is 11.4 Å². The van der Waals surface area contributed by atoms with Crippen molar-refractivity contribution in [2.45, 2.75) is 39.5 Å². The van der Waals surface area contributed by atoms with Crippen LogP contribution in [0.4, 0.5) is 5.69 Å². The molecule has 1 heteroatoms. The van der Waals surface area contributed by atoms with Crippen LogP contribution in [0.5, 0.6) is 0 Å². The molecule has 1 aliphatic rings. The Hall–Kier alpha value is -1.63. The van der Waals surface area contributed by atoms with Crippen LogP contribution in [0.15, 0.2) is 53.1 Å². The molecule has 0 saturated heterocycles. The maximum absolute atomic E-state index is 4.74. The second-order valence-electron chi connectivity index (χ2n) is 5.38. The lowest BCUT2D eigenvalue weighted by Gasteiger charge is -2.20. The highest BCUT2D eigenvalue weighted by atomic mass is 14.8. The van der Waals surface area contributed by atoms with Crippen LogP contribution < -0.4 is 0 Å². The first-order valence-corrected chi connectivity index (χ1v) is 6.52. The summed E-state index contributed by atoms with van der Waals surface area (Å²) < 4.78 is 0. The standard InChI is InChI=1S/C17H21N/c1-5-13(2)9-8-12-16-17(3,4)14-10-6-7-11-15(14)18-16/h5-8,10-12H,9H2,1-4H3/b12-8+,13-5?. The molecule has 1 aromatic rings. The predicted octanol–water partition coefficient (Wildman–Crippen LogP) is 4.96. The summed E-state index contributed by atoms with van der Waals surface area (Å²) >= 11 is 0. The molecule has 1 aliphatic heterocycles. The van der Waals surface area contributed by atoms with E-state index >= 15 is 0 Å². The van der Waals surface area contributed by atoms with Gasteiger partial charge in [0.25, 0.3) is 0 Å². The van der Waals surface area contributed by atoms with Crippen LogP contribution in [0, 0.1) is 0 Å². The van der Waals surface area contributed by atoms with Crippen molar-refractivity contribution in [3.05, 3.63) is 53.6 Å². The number of allylic oxidation sites excluding steroid dienone is 4. The maximum Gasteiger partial charge on any atom is 0.0674 e. The van der Waals surface area contributed by atoms with Gasteiger partial charge >= 0.3 is 0 Å². The van der Waals surface area contributed by atoms with Gasteiger partial charge in [-0.1, -0.05) is 49.8 Å². The Balaban J connectivity index is 2.22. The molecule has 1 heterocycles. The molecule has 0 aliphatic carbocycles. The zero-order valence-corrected chi connectivity index (χ0v) is 11.7. The summed E-state index contributed by atoms with van der Waals surface area (Å²) in [6.07, 6.45) is 7.54. The summed E-state index contributed by atoms with van der Waals surface area (Å²) in [5.74, 6) is 0. The van der Waals surface area contributed by atoms with E-state index in [0.717, 1.165) is 17.8 Å². The first kappa shape index (κ1) is 12.8. The Labute approximate surface area is 110 Å². The van der Waals surface area contributed by atoms with E-state index in [1.54, 1.807) is 0 Å². The SMILES string of the molecule is CC=C(C)C/C=C/C1=Nc2ccccc2C1(C)C. The number of aliphatic imine (C=N–C) groups is 1. The van der Waals surface area contributed by atoms with Crippen LogP contribution in [-0.4, -0.2) is 5.71 Å². The first-order valence-electron chi connectivity index (χ1n) is 6.52. The third kappa shape index (κ3) is 2.31. The average Bonchev–Trinajstić information content (AvgIpc) is 2.62. The lowest BCUT2D eigenvalue weighted by molar-refractivity contribution is 0.740. The lowest BCUT2D eigenvalue weighted by atomic mass is 9.81. The highest BCUT2D eigenvalue weighted by molar-refractivity contribution is 6.08. The first-order chi connectivity index (χ1) is 8.55. The Bertz CT molecular complexity index is 530. The molecular weight excluding hydrogens is 218 g/mol. The predicted molar refractivity (Wildman–Crippen MR) is 79.8 cm³/mol. The van der Waals surface area contributed by atoms with E-state index in [0.29, 0.717) is 0 Å². The molecule has 0 spiro atoms. The molecule has 1 aromatic carbocycles. The van der Waals surface area contributed by atoms with Gasteiger partial charge in [-0.25, -0.2) is 0 Å². The zero-order chi connectivity index (χ0) is 13.2. The maximum atomic E-state index is 4.74. The Morgan fingerprint density at radius 3 is 2.67 bits per heavy atom. The molecule has 0 bridgehead atoms.